The Balaban J connectivity index is 2.32. The van der Waals surface area contributed by atoms with Crippen molar-refractivity contribution in [3.63, 3.8) is 0 Å². The van der Waals surface area contributed by atoms with E-state index in [0.29, 0.717) is 6.42 Å². The number of sulfonamides is 1. The molecule has 1 rings (SSSR count). The van der Waals surface area contributed by atoms with Gasteiger partial charge in [0.2, 0.25) is 10.0 Å². The Kier molecular flexibility index (Phi) is 5.35. The smallest absolute Gasteiger partial charge is 0.303 e. The molecule has 1 aliphatic carbocycles. The van der Waals surface area contributed by atoms with Crippen LogP contribution in [0.2, 0.25) is 0 Å². The quantitative estimate of drug-likeness (QED) is 0.692. The number of carbonyl (C=O) groups is 1. The number of hydrogen-bond acceptors (Lipinski definition) is 4. The molecule has 0 aliphatic heterocycles. The van der Waals surface area contributed by atoms with Crippen molar-refractivity contribution in [2.75, 3.05) is 12.9 Å². The largest absolute Gasteiger partial charge is 0.481 e. The van der Waals surface area contributed by atoms with Crippen molar-refractivity contribution in [3.8, 4) is 0 Å². The van der Waals surface area contributed by atoms with Gasteiger partial charge < -0.3 is 9.84 Å². The number of nitrogens with one attached hydrogen (secondary N) is 1. The van der Waals surface area contributed by atoms with Gasteiger partial charge in [0.25, 0.3) is 0 Å². The monoisotopic (exact) mass is 265 g/mol. The van der Waals surface area contributed by atoms with Gasteiger partial charge in [-0.3, -0.25) is 4.79 Å². The molecule has 0 saturated heterocycles. The fourth-order valence-corrected chi connectivity index (χ4v) is 3.35. The van der Waals surface area contributed by atoms with Crippen LogP contribution in [-0.2, 0) is 19.6 Å². The predicted octanol–water partition coefficient (Wildman–Crippen LogP) is 0.338. The summed E-state index contributed by atoms with van der Waals surface area (Å²) in [7, 11) is -1.74. The van der Waals surface area contributed by atoms with E-state index in [4.69, 9.17) is 9.84 Å². The Hall–Kier alpha value is -0.660. The third-order valence-electron chi connectivity index (χ3n) is 2.87. The average molecular weight is 265 g/mol. The number of carboxylic acid groups (broad SMARTS) is 1. The number of hydrogen-bond donors (Lipinski definition) is 2. The van der Waals surface area contributed by atoms with E-state index < -0.39 is 16.0 Å². The van der Waals surface area contributed by atoms with Gasteiger partial charge >= 0.3 is 5.97 Å². The van der Waals surface area contributed by atoms with Crippen molar-refractivity contribution in [1.29, 1.82) is 0 Å². The summed E-state index contributed by atoms with van der Waals surface area (Å²) < 4.78 is 31.0. The first kappa shape index (κ1) is 14.4. The molecule has 0 spiro atoms. The van der Waals surface area contributed by atoms with E-state index >= 15 is 0 Å². The number of methoxy groups -OCH3 is 1. The fourth-order valence-electron chi connectivity index (χ4n) is 1.99. The van der Waals surface area contributed by atoms with Crippen molar-refractivity contribution in [1.82, 2.24) is 4.72 Å². The molecule has 2 N–H and O–H groups in total. The Bertz CT molecular complexity index is 354. The molecule has 0 aromatic carbocycles. The maximum absolute atomic E-state index is 11.6. The zero-order valence-electron chi connectivity index (χ0n) is 9.89. The molecule has 17 heavy (non-hydrogen) atoms. The van der Waals surface area contributed by atoms with Crippen LogP contribution in [0.1, 0.15) is 32.1 Å². The highest BCUT2D eigenvalue weighted by Gasteiger charge is 2.27. The van der Waals surface area contributed by atoms with Crippen LogP contribution in [0.5, 0.6) is 0 Å². The Morgan fingerprint density at radius 3 is 2.71 bits per heavy atom. The maximum Gasteiger partial charge on any atom is 0.303 e. The SMILES string of the molecule is COC1CCC(NS(=O)(=O)CCCC(=O)O)C1. The van der Waals surface area contributed by atoms with Crippen molar-refractivity contribution in [2.24, 2.45) is 0 Å². The predicted molar refractivity (Wildman–Crippen MR) is 62.2 cm³/mol. The second-order valence-corrected chi connectivity index (χ2v) is 6.18. The first-order chi connectivity index (χ1) is 7.93. The van der Waals surface area contributed by atoms with Gasteiger partial charge in [0.05, 0.1) is 11.9 Å². The third-order valence-corrected chi connectivity index (χ3v) is 4.39. The standard InChI is InChI=1S/C10H19NO5S/c1-16-9-5-4-8(7-9)11-17(14,15)6-2-3-10(12)13/h8-9,11H,2-7H2,1H3,(H,12,13). The molecule has 0 heterocycles. The van der Waals surface area contributed by atoms with Crippen LogP contribution in [0.4, 0.5) is 0 Å². The van der Waals surface area contributed by atoms with Crippen LogP contribution in [0.25, 0.3) is 0 Å². The van der Waals surface area contributed by atoms with E-state index in [9.17, 15) is 13.2 Å². The highest BCUT2D eigenvalue weighted by atomic mass is 32.2. The van der Waals surface area contributed by atoms with Gasteiger partial charge in [-0.1, -0.05) is 0 Å². The lowest BCUT2D eigenvalue weighted by Gasteiger charge is -2.12. The average Bonchev–Trinajstić information content (AvgIpc) is 2.63. The molecule has 0 aromatic rings. The van der Waals surface area contributed by atoms with Crippen molar-refractivity contribution in [2.45, 2.75) is 44.2 Å². The third kappa shape index (κ3) is 5.47. The zero-order chi connectivity index (χ0) is 12.9. The second-order valence-electron chi connectivity index (χ2n) is 4.30. The number of ether oxygens (including phenoxy) is 1. The molecular weight excluding hydrogens is 246 g/mol. The van der Waals surface area contributed by atoms with E-state index in [1.807, 2.05) is 0 Å². The van der Waals surface area contributed by atoms with Crippen LogP contribution in [0.15, 0.2) is 0 Å². The maximum atomic E-state index is 11.6. The normalized spacial score (nSPS) is 25.0. The zero-order valence-corrected chi connectivity index (χ0v) is 10.7. The van der Waals surface area contributed by atoms with Crippen LogP contribution < -0.4 is 4.72 Å². The summed E-state index contributed by atoms with van der Waals surface area (Å²) in [4.78, 5) is 10.3. The second kappa shape index (κ2) is 6.32. The van der Waals surface area contributed by atoms with Gasteiger partial charge in [-0.15, -0.1) is 0 Å². The van der Waals surface area contributed by atoms with E-state index in [1.54, 1.807) is 7.11 Å². The molecule has 1 aliphatic rings. The lowest BCUT2D eigenvalue weighted by atomic mass is 10.3. The first-order valence-corrected chi connectivity index (χ1v) is 7.33. The minimum absolute atomic E-state index is 0.0743. The Labute approximate surface area is 101 Å². The van der Waals surface area contributed by atoms with Crippen molar-refractivity contribution in [3.05, 3.63) is 0 Å². The molecule has 0 aromatic heterocycles. The lowest BCUT2D eigenvalue weighted by Crippen LogP contribution is -2.35. The topological polar surface area (TPSA) is 92.7 Å². The van der Waals surface area contributed by atoms with Gasteiger partial charge in [0.1, 0.15) is 0 Å². The molecule has 1 fully saturated rings. The summed E-state index contributed by atoms with van der Waals surface area (Å²) in [5, 5.41) is 8.43. The van der Waals surface area contributed by atoms with E-state index in [-0.39, 0.29) is 30.7 Å². The molecule has 0 radical (unpaired) electrons. The summed E-state index contributed by atoms with van der Waals surface area (Å²) >= 11 is 0. The van der Waals surface area contributed by atoms with E-state index in [0.717, 1.165) is 12.8 Å². The molecule has 2 unspecified atom stereocenters. The van der Waals surface area contributed by atoms with E-state index in [1.165, 1.54) is 0 Å². The Morgan fingerprint density at radius 2 is 2.18 bits per heavy atom. The molecule has 2 atom stereocenters. The lowest BCUT2D eigenvalue weighted by molar-refractivity contribution is -0.137. The summed E-state index contributed by atoms with van der Waals surface area (Å²) in [6, 6.07) is -0.0743. The summed E-state index contributed by atoms with van der Waals surface area (Å²) in [5.74, 6) is -1.10. The molecule has 1 saturated carbocycles. The van der Waals surface area contributed by atoms with Crippen LogP contribution in [-0.4, -0.2) is 44.5 Å². The van der Waals surface area contributed by atoms with Gasteiger partial charge in [-0.25, -0.2) is 13.1 Å². The first-order valence-electron chi connectivity index (χ1n) is 5.67. The van der Waals surface area contributed by atoms with Crippen molar-refractivity contribution < 1.29 is 23.1 Å². The van der Waals surface area contributed by atoms with E-state index in [2.05, 4.69) is 4.72 Å². The minimum Gasteiger partial charge on any atom is -0.481 e. The van der Waals surface area contributed by atoms with Gasteiger partial charge in [0.15, 0.2) is 0 Å². The van der Waals surface area contributed by atoms with Gasteiger partial charge in [-0.2, -0.15) is 0 Å². The summed E-state index contributed by atoms with van der Waals surface area (Å²) in [5.41, 5.74) is 0. The number of aliphatic carboxylic acids is 1. The van der Waals surface area contributed by atoms with Gasteiger partial charge in [-0.05, 0) is 25.7 Å². The molecule has 6 nitrogen and oxygen atoms in total. The molecule has 0 amide bonds. The highest BCUT2D eigenvalue weighted by Crippen LogP contribution is 2.22. The van der Waals surface area contributed by atoms with Crippen LogP contribution in [0.3, 0.4) is 0 Å². The summed E-state index contributed by atoms with van der Waals surface area (Å²) in [6.45, 7) is 0. The molecule has 0 bridgehead atoms. The van der Waals surface area contributed by atoms with Crippen molar-refractivity contribution >= 4 is 16.0 Å². The minimum atomic E-state index is -3.36. The highest BCUT2D eigenvalue weighted by molar-refractivity contribution is 7.89. The Morgan fingerprint density at radius 1 is 1.47 bits per heavy atom. The van der Waals surface area contributed by atoms with Crippen LogP contribution in [0, 0.1) is 0 Å². The molecular formula is C10H19NO5S. The number of rotatable bonds is 7. The fraction of sp³-hybridized carbons (Fsp3) is 0.900. The summed E-state index contributed by atoms with van der Waals surface area (Å²) in [6.07, 6.45) is 2.48. The molecule has 7 heteroatoms. The van der Waals surface area contributed by atoms with Gasteiger partial charge in [0, 0.05) is 19.6 Å². The van der Waals surface area contributed by atoms with Crippen LogP contribution >= 0.6 is 0 Å². The number of carboxylic acids is 1. The molecule has 100 valence electrons.